The van der Waals surface area contributed by atoms with E-state index in [1.807, 2.05) is 6.07 Å². The summed E-state index contributed by atoms with van der Waals surface area (Å²) in [5.74, 6) is -1.22. The van der Waals surface area contributed by atoms with Crippen molar-refractivity contribution in [2.24, 2.45) is 0 Å². The average Bonchev–Trinajstić information content (AvgIpc) is 2.59. The molecular weight excluding hydrogens is 376 g/mol. The van der Waals surface area contributed by atoms with E-state index >= 15 is 0 Å². The highest BCUT2D eigenvalue weighted by atomic mass is 32.2. The number of amidine groups is 1. The molecule has 10 heteroatoms. The van der Waals surface area contributed by atoms with Gasteiger partial charge in [-0.15, -0.1) is 0 Å². The van der Waals surface area contributed by atoms with Gasteiger partial charge < -0.3 is 10.6 Å². The van der Waals surface area contributed by atoms with Gasteiger partial charge in [-0.3, -0.25) is 15.0 Å². The first-order valence-electron chi connectivity index (χ1n) is 7.64. The largest absolute Gasteiger partial charge is 0.343 e. The number of nitrogens with zero attached hydrogens (tertiary/aromatic N) is 1. The third-order valence-corrected chi connectivity index (χ3v) is 6.13. The summed E-state index contributed by atoms with van der Waals surface area (Å²) in [6, 6.07) is 7.49. The van der Waals surface area contributed by atoms with Gasteiger partial charge in [-0.25, -0.2) is 8.42 Å². The Morgan fingerprint density at radius 1 is 1.31 bits per heavy atom. The van der Waals surface area contributed by atoms with Gasteiger partial charge in [0.25, 0.3) is 5.91 Å². The molecule has 26 heavy (non-hydrogen) atoms. The molecule has 8 nitrogen and oxygen atoms in total. The van der Waals surface area contributed by atoms with Crippen LogP contribution in [-0.2, 0) is 14.6 Å². The lowest BCUT2D eigenvalue weighted by atomic mass is 10.2. The number of hydrogen-bond acceptors (Lipinski definition) is 7. The lowest BCUT2D eigenvalue weighted by Crippen LogP contribution is -2.39. The van der Waals surface area contributed by atoms with Crippen LogP contribution in [-0.4, -0.2) is 42.4 Å². The normalized spacial score (nSPS) is 12.1. The second-order valence-corrected chi connectivity index (χ2v) is 9.43. The van der Waals surface area contributed by atoms with Crippen molar-refractivity contribution >= 4 is 38.6 Å². The topological polar surface area (TPSA) is 140 Å². The summed E-state index contributed by atoms with van der Waals surface area (Å²) in [6.45, 7) is 4.30. The molecule has 3 N–H and O–H groups in total. The Morgan fingerprint density at radius 2 is 1.96 bits per heavy atom. The van der Waals surface area contributed by atoms with Gasteiger partial charge >= 0.3 is 0 Å². The minimum atomic E-state index is -3.51. The lowest BCUT2D eigenvalue weighted by Gasteiger charge is -2.10. The van der Waals surface area contributed by atoms with Crippen LogP contribution in [0.15, 0.2) is 29.2 Å². The minimum Gasteiger partial charge on any atom is -0.343 e. The second-order valence-electron chi connectivity index (χ2n) is 5.57. The first-order valence-corrected chi connectivity index (χ1v) is 10.1. The van der Waals surface area contributed by atoms with E-state index in [1.54, 1.807) is 20.8 Å². The summed E-state index contributed by atoms with van der Waals surface area (Å²) in [5, 5.41) is 19.5. The smallest absolute Gasteiger partial charge is 0.251 e. The van der Waals surface area contributed by atoms with Crippen LogP contribution in [0.1, 0.15) is 31.1 Å². The number of carbonyl (C=O) groups is 2. The summed E-state index contributed by atoms with van der Waals surface area (Å²) in [4.78, 5) is 23.9. The van der Waals surface area contributed by atoms with E-state index < -0.39 is 32.2 Å². The zero-order valence-electron chi connectivity index (χ0n) is 14.6. The molecule has 140 valence electrons. The van der Waals surface area contributed by atoms with E-state index in [9.17, 15) is 18.0 Å². The number of sulfone groups is 1. The summed E-state index contributed by atoms with van der Waals surface area (Å²) >= 11 is 0.877. The van der Waals surface area contributed by atoms with Crippen LogP contribution in [0.4, 0.5) is 0 Å². The summed E-state index contributed by atoms with van der Waals surface area (Å²) in [5.41, 5.74) is 0.113. The number of hydrogen-bond donors (Lipinski definition) is 3. The van der Waals surface area contributed by atoms with E-state index in [-0.39, 0.29) is 22.2 Å². The summed E-state index contributed by atoms with van der Waals surface area (Å²) < 4.78 is 24.3. The Balaban J connectivity index is 2.68. The zero-order chi connectivity index (χ0) is 19.9. The van der Waals surface area contributed by atoms with Crippen LogP contribution in [0.5, 0.6) is 0 Å². The lowest BCUT2D eigenvalue weighted by molar-refractivity contribution is -0.118. The monoisotopic (exact) mass is 396 g/mol. The zero-order valence-corrected chi connectivity index (χ0v) is 16.2. The quantitative estimate of drug-likeness (QED) is 0.489. The second kappa shape index (κ2) is 9.35. The maximum atomic E-state index is 12.2. The van der Waals surface area contributed by atoms with E-state index in [1.165, 1.54) is 24.3 Å². The van der Waals surface area contributed by atoms with Crippen molar-refractivity contribution in [3.8, 4) is 6.07 Å². The number of carbonyl (C=O) groups excluding carboxylic acids is 2. The summed E-state index contributed by atoms with van der Waals surface area (Å²) in [7, 11) is -3.51. The Hall–Kier alpha value is -2.38. The third-order valence-electron chi connectivity index (χ3n) is 3.18. The highest BCUT2D eigenvalue weighted by Gasteiger charge is 2.20. The molecule has 0 aromatic heterocycles. The van der Waals surface area contributed by atoms with Crippen molar-refractivity contribution < 1.29 is 18.0 Å². The Kier molecular flexibility index (Phi) is 7.79. The van der Waals surface area contributed by atoms with Crippen LogP contribution in [0.3, 0.4) is 0 Å². The molecule has 0 bridgehead atoms. The fraction of sp³-hybridized carbons (Fsp3) is 0.375. The number of amides is 2. The number of benzene rings is 1. The van der Waals surface area contributed by atoms with E-state index in [0.29, 0.717) is 0 Å². The molecule has 1 aromatic rings. The van der Waals surface area contributed by atoms with Crippen LogP contribution >= 0.6 is 11.8 Å². The predicted octanol–water partition coefficient (Wildman–Crippen LogP) is 1.29. The van der Waals surface area contributed by atoms with Gasteiger partial charge in [-0.1, -0.05) is 17.8 Å². The highest BCUT2D eigenvalue weighted by molar-refractivity contribution is 8.14. The first-order chi connectivity index (χ1) is 12.1. The van der Waals surface area contributed by atoms with Gasteiger partial charge in [0.05, 0.1) is 28.0 Å². The van der Waals surface area contributed by atoms with Crippen LogP contribution in [0.25, 0.3) is 0 Å². The maximum absolute atomic E-state index is 12.2. The molecular formula is C16H20N4O4S2. The molecule has 0 aliphatic carbocycles. The van der Waals surface area contributed by atoms with Crippen molar-refractivity contribution in [1.82, 2.24) is 10.6 Å². The van der Waals surface area contributed by atoms with Crippen molar-refractivity contribution in [1.29, 1.82) is 10.7 Å². The molecule has 0 aliphatic rings. The summed E-state index contributed by atoms with van der Waals surface area (Å²) in [6.07, 6.45) is 0. The number of thioether (sulfide) groups is 1. The Labute approximate surface area is 156 Å². The van der Waals surface area contributed by atoms with Gasteiger partial charge in [0.2, 0.25) is 5.91 Å². The third kappa shape index (κ3) is 6.16. The molecule has 2 amide bonds. The fourth-order valence-electron chi connectivity index (χ4n) is 1.75. The van der Waals surface area contributed by atoms with Crippen LogP contribution in [0.2, 0.25) is 0 Å². The van der Waals surface area contributed by atoms with E-state index in [0.717, 1.165) is 11.8 Å². The van der Waals surface area contributed by atoms with Crippen molar-refractivity contribution in [2.45, 2.75) is 36.2 Å². The molecule has 1 unspecified atom stereocenters. The molecule has 0 radical (unpaired) electrons. The maximum Gasteiger partial charge on any atom is 0.251 e. The van der Waals surface area contributed by atoms with Gasteiger partial charge in [0.15, 0.2) is 15.0 Å². The number of rotatable bonds is 6. The molecule has 0 saturated carbocycles. The molecule has 1 atom stereocenters. The molecule has 0 spiro atoms. The number of nitriles is 1. The van der Waals surface area contributed by atoms with Crippen molar-refractivity contribution in [3.05, 3.63) is 29.8 Å². The predicted molar refractivity (Wildman–Crippen MR) is 99.6 cm³/mol. The van der Waals surface area contributed by atoms with Gasteiger partial charge in [0.1, 0.15) is 0 Å². The molecule has 1 aromatic carbocycles. The Morgan fingerprint density at radius 3 is 2.54 bits per heavy atom. The van der Waals surface area contributed by atoms with Crippen molar-refractivity contribution in [3.63, 3.8) is 0 Å². The Bertz CT molecular complexity index is 844. The van der Waals surface area contributed by atoms with E-state index in [2.05, 4.69) is 10.6 Å². The molecule has 0 heterocycles. The SMILES string of the molecule is CC(C#N)SC(=N)NC(=O)CNC(=O)c1cccc(S(=O)(=O)C(C)C)c1. The average molecular weight is 396 g/mol. The molecule has 0 saturated heterocycles. The number of nitrogens with one attached hydrogen (secondary N) is 3. The minimum absolute atomic E-state index is 0.0354. The molecule has 0 aliphatic heterocycles. The van der Waals surface area contributed by atoms with Crippen molar-refractivity contribution in [2.75, 3.05) is 6.54 Å². The van der Waals surface area contributed by atoms with Gasteiger partial charge in [0, 0.05) is 5.56 Å². The van der Waals surface area contributed by atoms with Crippen LogP contribution in [0, 0.1) is 16.7 Å². The van der Waals surface area contributed by atoms with E-state index in [4.69, 9.17) is 10.7 Å². The van der Waals surface area contributed by atoms with Gasteiger partial charge in [-0.05, 0) is 39.0 Å². The highest BCUT2D eigenvalue weighted by Crippen LogP contribution is 2.17. The van der Waals surface area contributed by atoms with Gasteiger partial charge in [-0.2, -0.15) is 5.26 Å². The fourth-order valence-corrected chi connectivity index (χ4v) is 3.44. The van der Waals surface area contributed by atoms with Crippen LogP contribution < -0.4 is 10.6 Å². The standard InChI is InChI=1S/C16H20N4O4S2/c1-10(2)26(23,24)13-6-4-5-12(7-13)15(22)19-9-14(21)20-16(18)25-11(3)8-17/h4-7,10-11H,9H2,1-3H3,(H,19,22)(H2,18,20,21). The molecule has 0 fully saturated rings. The first kappa shape index (κ1) is 21.7. The molecule has 1 rings (SSSR count).